The second-order valence-corrected chi connectivity index (χ2v) is 8.84. The molecule has 1 fully saturated rings. The van der Waals surface area contributed by atoms with Crippen molar-refractivity contribution in [3.8, 4) is 0 Å². The van der Waals surface area contributed by atoms with Gasteiger partial charge in [-0.1, -0.05) is 0 Å². The maximum Gasteiger partial charge on any atom is 0.230 e. The van der Waals surface area contributed by atoms with Crippen LogP contribution in [-0.4, -0.2) is 43.0 Å². The second kappa shape index (κ2) is 6.46. The number of aryl methyl sites for hydroxylation is 1. The van der Waals surface area contributed by atoms with Gasteiger partial charge in [-0.05, 0) is 30.7 Å². The van der Waals surface area contributed by atoms with Gasteiger partial charge in [0, 0.05) is 10.6 Å². The summed E-state index contributed by atoms with van der Waals surface area (Å²) in [5, 5.41) is 2.13. The summed E-state index contributed by atoms with van der Waals surface area (Å²) in [5.41, 5.74) is 7.41. The van der Waals surface area contributed by atoms with E-state index >= 15 is 0 Å². The third-order valence-electron chi connectivity index (χ3n) is 3.24. The van der Waals surface area contributed by atoms with Crippen molar-refractivity contribution in [2.75, 3.05) is 23.0 Å². The number of halogens is 1. The fraction of sp³-hybridized carbons (Fsp3) is 0.462. The molecule has 1 aliphatic heterocycles. The molecule has 1 aromatic rings. The Hall–Kier alpha value is -0.920. The molecule has 1 saturated heterocycles. The van der Waals surface area contributed by atoms with Gasteiger partial charge in [-0.2, -0.15) is 0 Å². The highest BCUT2D eigenvalue weighted by atomic mass is 35.5. The van der Waals surface area contributed by atoms with Crippen molar-refractivity contribution in [3.63, 3.8) is 0 Å². The van der Waals surface area contributed by atoms with Crippen LogP contribution in [0, 0.1) is 6.92 Å². The Morgan fingerprint density at radius 3 is 2.76 bits per heavy atom. The van der Waals surface area contributed by atoms with Crippen molar-refractivity contribution < 1.29 is 13.2 Å². The van der Waals surface area contributed by atoms with E-state index in [2.05, 4.69) is 5.32 Å². The average Bonchev–Trinajstić information content (AvgIpc) is 2.64. The minimum atomic E-state index is -3.14. The monoisotopic (exact) mass is 348 g/mol. The minimum absolute atomic E-state index is 0.0796. The Morgan fingerprint density at radius 2 is 2.19 bits per heavy atom. The van der Waals surface area contributed by atoms with E-state index in [1.807, 2.05) is 19.1 Å². The molecule has 0 spiro atoms. The first-order valence-electron chi connectivity index (χ1n) is 6.39. The maximum atomic E-state index is 11.9. The standard InChI is InChI=1S/C13H17ClN2O3S2/c1-8-4-9(2-3-11(8)15)20-5-13(17)16-12-7-21(18,19)6-10(12)14/h2-4,10,12H,5-7,15H2,1H3,(H,16,17). The summed E-state index contributed by atoms with van der Waals surface area (Å²) in [6.45, 7) is 1.90. The highest BCUT2D eigenvalue weighted by Crippen LogP contribution is 2.23. The van der Waals surface area contributed by atoms with Gasteiger partial charge in [0.1, 0.15) is 0 Å². The Kier molecular flexibility index (Phi) is 5.06. The number of hydrogen-bond acceptors (Lipinski definition) is 5. The van der Waals surface area contributed by atoms with E-state index in [0.29, 0.717) is 5.69 Å². The average molecular weight is 349 g/mol. The first-order valence-corrected chi connectivity index (χ1v) is 9.64. The van der Waals surface area contributed by atoms with E-state index in [-0.39, 0.29) is 23.2 Å². The van der Waals surface area contributed by atoms with Crippen molar-refractivity contribution in [3.05, 3.63) is 23.8 Å². The topological polar surface area (TPSA) is 89.3 Å². The van der Waals surface area contributed by atoms with Gasteiger partial charge in [-0.3, -0.25) is 4.79 Å². The summed E-state index contributed by atoms with van der Waals surface area (Å²) >= 11 is 7.32. The van der Waals surface area contributed by atoms with Crippen LogP contribution >= 0.6 is 23.4 Å². The van der Waals surface area contributed by atoms with Gasteiger partial charge < -0.3 is 11.1 Å². The molecule has 116 valence electrons. The highest BCUT2D eigenvalue weighted by molar-refractivity contribution is 8.00. The van der Waals surface area contributed by atoms with E-state index in [1.165, 1.54) is 11.8 Å². The van der Waals surface area contributed by atoms with Gasteiger partial charge in [0.25, 0.3) is 0 Å². The van der Waals surface area contributed by atoms with Gasteiger partial charge >= 0.3 is 0 Å². The van der Waals surface area contributed by atoms with Crippen LogP contribution in [0.5, 0.6) is 0 Å². The molecule has 8 heteroatoms. The normalized spacial score (nSPS) is 23.9. The number of nitrogens with one attached hydrogen (secondary N) is 1. The molecule has 0 aliphatic carbocycles. The van der Waals surface area contributed by atoms with Crippen LogP contribution in [0.3, 0.4) is 0 Å². The number of anilines is 1. The molecule has 21 heavy (non-hydrogen) atoms. The lowest BCUT2D eigenvalue weighted by Crippen LogP contribution is -2.41. The zero-order valence-electron chi connectivity index (χ0n) is 11.5. The van der Waals surface area contributed by atoms with E-state index < -0.39 is 21.3 Å². The van der Waals surface area contributed by atoms with E-state index in [0.717, 1.165) is 10.5 Å². The number of amides is 1. The third-order valence-corrected chi connectivity index (χ3v) is 6.61. The lowest BCUT2D eigenvalue weighted by atomic mass is 10.2. The smallest absolute Gasteiger partial charge is 0.230 e. The number of rotatable bonds is 4. The molecule has 3 N–H and O–H groups in total. The number of carbonyl (C=O) groups excluding carboxylic acids is 1. The Balaban J connectivity index is 1.86. The second-order valence-electron chi connectivity index (χ2n) is 5.07. The molecule has 1 aromatic carbocycles. The zero-order chi connectivity index (χ0) is 15.6. The van der Waals surface area contributed by atoms with Crippen molar-refractivity contribution in [1.82, 2.24) is 5.32 Å². The Labute approximate surface area is 133 Å². The number of sulfone groups is 1. The maximum absolute atomic E-state index is 11.9. The lowest BCUT2D eigenvalue weighted by Gasteiger charge is -2.14. The first kappa shape index (κ1) is 16.5. The van der Waals surface area contributed by atoms with Crippen molar-refractivity contribution >= 4 is 44.8 Å². The van der Waals surface area contributed by atoms with E-state index in [4.69, 9.17) is 17.3 Å². The van der Waals surface area contributed by atoms with Crippen LogP contribution in [0.4, 0.5) is 5.69 Å². The SMILES string of the molecule is Cc1cc(SCC(=O)NC2CS(=O)(=O)CC2Cl)ccc1N. The summed E-state index contributed by atoms with van der Waals surface area (Å²) in [7, 11) is -3.14. The Morgan fingerprint density at radius 1 is 1.48 bits per heavy atom. The van der Waals surface area contributed by atoms with Crippen molar-refractivity contribution in [1.29, 1.82) is 0 Å². The number of nitrogens with two attached hydrogens (primary N) is 1. The molecule has 0 saturated carbocycles. The van der Waals surface area contributed by atoms with Gasteiger partial charge in [0.15, 0.2) is 9.84 Å². The van der Waals surface area contributed by atoms with Crippen molar-refractivity contribution in [2.45, 2.75) is 23.2 Å². The number of benzene rings is 1. The molecule has 1 amide bonds. The lowest BCUT2D eigenvalue weighted by molar-refractivity contribution is -0.119. The number of carbonyl (C=O) groups is 1. The van der Waals surface area contributed by atoms with Crippen LogP contribution in [0.15, 0.2) is 23.1 Å². The van der Waals surface area contributed by atoms with Crippen LogP contribution < -0.4 is 11.1 Å². The largest absolute Gasteiger partial charge is 0.399 e. The number of hydrogen-bond donors (Lipinski definition) is 2. The molecule has 1 heterocycles. The zero-order valence-corrected chi connectivity index (χ0v) is 13.9. The van der Waals surface area contributed by atoms with Crippen LogP contribution in [0.25, 0.3) is 0 Å². The quantitative estimate of drug-likeness (QED) is 0.484. The van der Waals surface area contributed by atoms with Gasteiger partial charge in [-0.25, -0.2) is 8.42 Å². The third kappa shape index (κ3) is 4.52. The number of alkyl halides is 1. The molecular formula is C13H17ClN2O3S2. The molecule has 0 aromatic heterocycles. The fourth-order valence-electron chi connectivity index (χ4n) is 2.07. The molecule has 2 unspecified atom stereocenters. The predicted molar refractivity (Wildman–Crippen MR) is 86.5 cm³/mol. The summed E-state index contributed by atoms with van der Waals surface area (Å²) in [4.78, 5) is 12.8. The fourth-order valence-corrected chi connectivity index (χ4v) is 5.43. The highest BCUT2D eigenvalue weighted by Gasteiger charge is 2.37. The summed E-state index contributed by atoms with van der Waals surface area (Å²) in [6, 6.07) is 5.06. The van der Waals surface area contributed by atoms with Gasteiger partial charge in [-0.15, -0.1) is 23.4 Å². The van der Waals surface area contributed by atoms with E-state index in [1.54, 1.807) is 6.07 Å². The summed E-state index contributed by atoms with van der Waals surface area (Å²) in [6.07, 6.45) is 0. The minimum Gasteiger partial charge on any atom is -0.399 e. The van der Waals surface area contributed by atoms with Crippen LogP contribution in [0.2, 0.25) is 0 Å². The molecule has 0 bridgehead atoms. The molecule has 5 nitrogen and oxygen atoms in total. The Bertz CT molecular complexity index is 649. The summed E-state index contributed by atoms with van der Waals surface area (Å²) < 4.78 is 22.9. The van der Waals surface area contributed by atoms with Gasteiger partial charge in [0.2, 0.25) is 5.91 Å². The van der Waals surface area contributed by atoms with Crippen LogP contribution in [-0.2, 0) is 14.6 Å². The number of nitrogen functional groups attached to an aromatic ring is 1. The molecular weight excluding hydrogens is 332 g/mol. The first-order chi connectivity index (χ1) is 9.77. The van der Waals surface area contributed by atoms with Crippen LogP contribution in [0.1, 0.15) is 5.56 Å². The molecule has 2 atom stereocenters. The van der Waals surface area contributed by atoms with E-state index in [9.17, 15) is 13.2 Å². The molecule has 0 radical (unpaired) electrons. The van der Waals surface area contributed by atoms with Gasteiger partial charge in [0.05, 0.1) is 28.7 Å². The summed E-state index contributed by atoms with van der Waals surface area (Å²) in [5.74, 6) is -0.173. The molecule has 1 aliphatic rings. The van der Waals surface area contributed by atoms with Crippen molar-refractivity contribution in [2.24, 2.45) is 0 Å². The number of thioether (sulfide) groups is 1. The molecule has 2 rings (SSSR count). The predicted octanol–water partition coefficient (Wildman–Crippen LogP) is 1.19.